The van der Waals surface area contributed by atoms with Gasteiger partial charge in [0.25, 0.3) is 0 Å². The van der Waals surface area contributed by atoms with Gasteiger partial charge in [0.05, 0.1) is 6.54 Å². The molecular formula is C25H33N7. The predicted octanol–water partition coefficient (Wildman–Crippen LogP) is 3.50. The standard InChI is InChI=1S/C25H33N7/c1-3-26-25(27-16-20-8-6-10-21(15-20)24-28-18-29-31-24)30-23-11-13-32(14-12-23)17-22-9-5-4-7-19(22)2/h4-10,15,18,23H,3,11-14,16-17H2,1-2H3,(H2,26,27,30)(H,28,29,31). The van der Waals surface area contributed by atoms with Gasteiger partial charge in [0.2, 0.25) is 0 Å². The second kappa shape index (κ2) is 10.9. The Kier molecular flexibility index (Phi) is 7.51. The van der Waals surface area contributed by atoms with Gasteiger partial charge in [-0.1, -0.05) is 42.5 Å². The van der Waals surface area contributed by atoms with Crippen molar-refractivity contribution in [3.05, 3.63) is 71.5 Å². The molecule has 0 bridgehead atoms. The minimum absolute atomic E-state index is 0.446. The lowest BCUT2D eigenvalue weighted by Crippen LogP contribution is -2.48. The van der Waals surface area contributed by atoms with Gasteiger partial charge in [-0.3, -0.25) is 10.00 Å². The summed E-state index contributed by atoms with van der Waals surface area (Å²) in [4.78, 5) is 11.6. The molecule has 1 aliphatic rings. The zero-order valence-electron chi connectivity index (χ0n) is 19.0. The van der Waals surface area contributed by atoms with Gasteiger partial charge in [-0.05, 0) is 49.4 Å². The van der Waals surface area contributed by atoms with E-state index in [1.54, 1.807) is 0 Å². The highest BCUT2D eigenvalue weighted by Crippen LogP contribution is 2.17. The number of hydrogen-bond donors (Lipinski definition) is 3. The summed E-state index contributed by atoms with van der Waals surface area (Å²) in [5.41, 5.74) is 4.97. The average molecular weight is 432 g/mol. The molecule has 0 aliphatic carbocycles. The van der Waals surface area contributed by atoms with Crippen molar-refractivity contribution in [2.45, 2.75) is 45.8 Å². The van der Waals surface area contributed by atoms with E-state index in [4.69, 9.17) is 4.99 Å². The molecule has 0 unspecified atom stereocenters. The van der Waals surface area contributed by atoms with Gasteiger partial charge in [-0.25, -0.2) is 9.98 Å². The summed E-state index contributed by atoms with van der Waals surface area (Å²) in [7, 11) is 0. The number of guanidine groups is 1. The summed E-state index contributed by atoms with van der Waals surface area (Å²) in [5, 5.41) is 13.9. The fourth-order valence-corrected chi connectivity index (χ4v) is 4.11. The first-order valence-corrected chi connectivity index (χ1v) is 11.5. The number of aliphatic imine (C=N–C) groups is 1. The van der Waals surface area contributed by atoms with E-state index in [9.17, 15) is 0 Å². The van der Waals surface area contributed by atoms with Gasteiger partial charge in [0, 0.05) is 37.8 Å². The predicted molar refractivity (Wildman–Crippen MR) is 129 cm³/mol. The van der Waals surface area contributed by atoms with Crippen LogP contribution in [0.4, 0.5) is 0 Å². The molecule has 0 spiro atoms. The number of nitrogens with zero attached hydrogens (tertiary/aromatic N) is 4. The van der Waals surface area contributed by atoms with Crippen LogP contribution in [0.5, 0.6) is 0 Å². The first kappa shape index (κ1) is 22.0. The Morgan fingerprint density at radius 2 is 2.00 bits per heavy atom. The molecular weight excluding hydrogens is 398 g/mol. The minimum Gasteiger partial charge on any atom is -0.357 e. The van der Waals surface area contributed by atoms with Gasteiger partial charge in [-0.2, -0.15) is 5.10 Å². The second-order valence-electron chi connectivity index (χ2n) is 8.35. The highest BCUT2D eigenvalue weighted by Gasteiger charge is 2.20. The van der Waals surface area contributed by atoms with E-state index in [-0.39, 0.29) is 0 Å². The first-order valence-electron chi connectivity index (χ1n) is 11.5. The van der Waals surface area contributed by atoms with Crippen molar-refractivity contribution >= 4 is 5.96 Å². The summed E-state index contributed by atoms with van der Waals surface area (Å²) in [6, 6.07) is 17.4. The summed E-state index contributed by atoms with van der Waals surface area (Å²) >= 11 is 0. The maximum Gasteiger partial charge on any atom is 0.191 e. The van der Waals surface area contributed by atoms with Crippen LogP contribution in [0.3, 0.4) is 0 Å². The quantitative estimate of drug-likeness (QED) is 0.394. The summed E-state index contributed by atoms with van der Waals surface area (Å²) in [6.45, 7) is 9.00. The van der Waals surface area contributed by atoms with Crippen LogP contribution in [-0.4, -0.2) is 51.7 Å². The Morgan fingerprint density at radius 3 is 2.75 bits per heavy atom. The molecule has 0 radical (unpaired) electrons. The van der Waals surface area contributed by atoms with Crippen LogP contribution in [0.2, 0.25) is 0 Å². The smallest absolute Gasteiger partial charge is 0.191 e. The molecule has 7 nitrogen and oxygen atoms in total. The maximum absolute atomic E-state index is 4.83. The minimum atomic E-state index is 0.446. The summed E-state index contributed by atoms with van der Waals surface area (Å²) < 4.78 is 0. The number of piperidine rings is 1. The number of nitrogens with one attached hydrogen (secondary N) is 3. The number of likely N-dealkylation sites (tertiary alicyclic amines) is 1. The third-order valence-electron chi connectivity index (χ3n) is 5.96. The van der Waals surface area contributed by atoms with E-state index in [2.05, 4.69) is 81.0 Å². The summed E-state index contributed by atoms with van der Waals surface area (Å²) in [5.74, 6) is 1.66. The van der Waals surface area contributed by atoms with E-state index in [0.717, 1.165) is 61.9 Å². The molecule has 7 heteroatoms. The molecule has 3 N–H and O–H groups in total. The van der Waals surface area contributed by atoms with Gasteiger partial charge < -0.3 is 10.6 Å². The molecule has 3 aromatic rings. The van der Waals surface area contributed by atoms with Crippen LogP contribution in [0.25, 0.3) is 11.4 Å². The summed E-state index contributed by atoms with van der Waals surface area (Å²) in [6.07, 6.45) is 3.77. The molecule has 2 aromatic carbocycles. The van der Waals surface area contributed by atoms with E-state index in [1.807, 2.05) is 12.1 Å². The fraction of sp³-hybridized carbons (Fsp3) is 0.400. The monoisotopic (exact) mass is 431 g/mol. The lowest BCUT2D eigenvalue weighted by molar-refractivity contribution is 0.198. The number of aromatic amines is 1. The van der Waals surface area contributed by atoms with Gasteiger partial charge in [0.1, 0.15) is 6.33 Å². The van der Waals surface area contributed by atoms with Gasteiger partial charge >= 0.3 is 0 Å². The molecule has 0 saturated carbocycles. The number of aromatic nitrogens is 3. The number of hydrogen-bond acceptors (Lipinski definition) is 4. The average Bonchev–Trinajstić information content (AvgIpc) is 3.36. The van der Waals surface area contributed by atoms with Crippen molar-refractivity contribution in [1.29, 1.82) is 0 Å². The van der Waals surface area contributed by atoms with Crippen molar-refractivity contribution < 1.29 is 0 Å². The lowest BCUT2D eigenvalue weighted by atomic mass is 10.0. The topological polar surface area (TPSA) is 81.2 Å². The SMILES string of the molecule is CCNC(=NCc1cccc(-c2ncn[nH]2)c1)NC1CCN(Cc2ccccc2C)CC1. The van der Waals surface area contributed by atoms with Crippen molar-refractivity contribution in [3.8, 4) is 11.4 Å². The molecule has 0 atom stereocenters. The van der Waals surface area contributed by atoms with Gasteiger partial charge in [0.15, 0.2) is 11.8 Å². The zero-order valence-corrected chi connectivity index (χ0v) is 19.0. The van der Waals surface area contributed by atoms with Crippen LogP contribution in [0.1, 0.15) is 36.5 Å². The number of H-pyrrole nitrogens is 1. The Morgan fingerprint density at radius 1 is 1.16 bits per heavy atom. The van der Waals surface area contributed by atoms with E-state index in [0.29, 0.717) is 12.6 Å². The Balaban J connectivity index is 1.31. The molecule has 2 heterocycles. The van der Waals surface area contributed by atoms with Crippen molar-refractivity contribution in [2.75, 3.05) is 19.6 Å². The Bertz CT molecular complexity index is 1000. The van der Waals surface area contributed by atoms with Crippen LogP contribution in [0, 0.1) is 6.92 Å². The molecule has 168 valence electrons. The van der Waals surface area contributed by atoms with Crippen LogP contribution >= 0.6 is 0 Å². The zero-order chi connectivity index (χ0) is 22.2. The van der Waals surface area contributed by atoms with Crippen LogP contribution in [-0.2, 0) is 13.1 Å². The first-order chi connectivity index (χ1) is 15.7. The van der Waals surface area contributed by atoms with Crippen molar-refractivity contribution in [2.24, 2.45) is 4.99 Å². The van der Waals surface area contributed by atoms with Crippen LogP contribution < -0.4 is 10.6 Å². The van der Waals surface area contributed by atoms with E-state index < -0.39 is 0 Å². The van der Waals surface area contributed by atoms with Gasteiger partial charge in [-0.15, -0.1) is 0 Å². The lowest BCUT2D eigenvalue weighted by Gasteiger charge is -2.33. The molecule has 4 rings (SSSR count). The fourth-order valence-electron chi connectivity index (χ4n) is 4.11. The molecule has 1 saturated heterocycles. The Labute approximate surface area is 190 Å². The number of aryl methyl sites for hydroxylation is 1. The Hall–Kier alpha value is -3.19. The molecule has 0 amide bonds. The number of benzene rings is 2. The van der Waals surface area contributed by atoms with Crippen molar-refractivity contribution in [1.82, 2.24) is 30.7 Å². The van der Waals surface area contributed by atoms with E-state index >= 15 is 0 Å². The van der Waals surface area contributed by atoms with Crippen LogP contribution in [0.15, 0.2) is 59.9 Å². The maximum atomic E-state index is 4.83. The van der Waals surface area contributed by atoms with E-state index in [1.165, 1.54) is 17.5 Å². The molecule has 32 heavy (non-hydrogen) atoms. The largest absolute Gasteiger partial charge is 0.357 e. The number of rotatable bonds is 7. The normalized spacial score (nSPS) is 15.6. The molecule has 1 aromatic heterocycles. The van der Waals surface area contributed by atoms with Crippen molar-refractivity contribution in [3.63, 3.8) is 0 Å². The highest BCUT2D eigenvalue weighted by molar-refractivity contribution is 5.80. The second-order valence-corrected chi connectivity index (χ2v) is 8.35. The molecule has 1 fully saturated rings. The highest BCUT2D eigenvalue weighted by atomic mass is 15.2. The third kappa shape index (κ3) is 5.95. The molecule has 1 aliphatic heterocycles. The third-order valence-corrected chi connectivity index (χ3v) is 5.96.